The van der Waals surface area contributed by atoms with Gasteiger partial charge in [0.25, 0.3) is 5.91 Å². The molecule has 0 spiro atoms. The average Bonchev–Trinajstić information content (AvgIpc) is 2.68. The van der Waals surface area contributed by atoms with E-state index in [9.17, 15) is 9.59 Å². The highest BCUT2D eigenvalue weighted by Gasteiger charge is 2.24. The molecule has 5 heteroatoms. The van der Waals surface area contributed by atoms with Crippen molar-refractivity contribution >= 4 is 11.8 Å². The molecule has 1 fully saturated rings. The van der Waals surface area contributed by atoms with E-state index in [2.05, 4.69) is 29.2 Å². The largest absolute Gasteiger partial charge is 0.370 e. The molecule has 0 unspecified atom stereocenters. The zero-order valence-electron chi connectivity index (χ0n) is 15.9. The third-order valence-electron chi connectivity index (χ3n) is 5.35. The summed E-state index contributed by atoms with van der Waals surface area (Å²) in [4.78, 5) is 29.7. The smallest absolute Gasteiger partial charge is 0.255 e. The maximum Gasteiger partial charge on any atom is 0.255 e. The number of hydrogen-bond acceptors (Lipinski definition) is 3. The summed E-state index contributed by atoms with van der Waals surface area (Å²) >= 11 is 0. The number of pyridine rings is 1. The quantitative estimate of drug-likeness (QED) is 0.855. The van der Waals surface area contributed by atoms with Crippen LogP contribution in [-0.2, 0) is 17.6 Å². The Morgan fingerprint density at radius 3 is 2.41 bits per heavy atom. The number of aromatic nitrogens is 1. The zero-order valence-corrected chi connectivity index (χ0v) is 15.9. The van der Waals surface area contributed by atoms with Gasteiger partial charge < -0.3 is 10.6 Å². The summed E-state index contributed by atoms with van der Waals surface area (Å²) in [6.45, 7) is 3.48. The lowest BCUT2D eigenvalue weighted by molar-refractivity contribution is -0.117. The van der Waals surface area contributed by atoms with Gasteiger partial charge >= 0.3 is 0 Å². The van der Waals surface area contributed by atoms with E-state index >= 15 is 0 Å². The van der Waals surface area contributed by atoms with Crippen LogP contribution in [0.4, 0.5) is 0 Å². The number of aryl methyl sites for hydroxylation is 2. The van der Waals surface area contributed by atoms with Crippen LogP contribution in [0, 0.1) is 12.8 Å². The fourth-order valence-electron chi connectivity index (χ4n) is 3.66. The number of nitrogens with two attached hydrogens (primary N) is 1. The lowest BCUT2D eigenvalue weighted by Gasteiger charge is -2.32. The van der Waals surface area contributed by atoms with Gasteiger partial charge in [0.05, 0.1) is 5.56 Å². The summed E-state index contributed by atoms with van der Waals surface area (Å²) in [7, 11) is 0. The van der Waals surface area contributed by atoms with Gasteiger partial charge in [-0.05, 0) is 61.8 Å². The molecule has 0 atom stereocenters. The number of hydrogen-bond donors (Lipinski definition) is 1. The van der Waals surface area contributed by atoms with Crippen molar-refractivity contribution in [3.8, 4) is 0 Å². The molecule has 142 valence electrons. The summed E-state index contributed by atoms with van der Waals surface area (Å²) in [5.74, 6) is 0.431. The zero-order chi connectivity index (χ0) is 19.2. The van der Waals surface area contributed by atoms with Crippen LogP contribution in [0.15, 0.2) is 42.6 Å². The minimum Gasteiger partial charge on any atom is -0.370 e. The second kappa shape index (κ2) is 8.80. The van der Waals surface area contributed by atoms with Crippen LogP contribution in [0.2, 0.25) is 0 Å². The minimum absolute atomic E-state index is 0.0952. The van der Waals surface area contributed by atoms with Crippen LogP contribution in [0.1, 0.15) is 46.4 Å². The molecule has 1 aliphatic rings. The van der Waals surface area contributed by atoms with Crippen molar-refractivity contribution in [3.05, 3.63) is 65.0 Å². The van der Waals surface area contributed by atoms with Crippen molar-refractivity contribution in [2.45, 2.75) is 39.0 Å². The molecule has 2 aromatic rings. The molecule has 1 aromatic carbocycles. The van der Waals surface area contributed by atoms with E-state index in [0.29, 0.717) is 24.3 Å². The molecule has 3 rings (SSSR count). The Morgan fingerprint density at radius 2 is 1.78 bits per heavy atom. The number of nitrogens with zero attached hydrogens (tertiary/aromatic N) is 2. The van der Waals surface area contributed by atoms with Gasteiger partial charge in [0.15, 0.2) is 0 Å². The van der Waals surface area contributed by atoms with Gasteiger partial charge in [-0.2, -0.15) is 0 Å². The SMILES string of the molecule is Cc1ncccc1C(=O)N1CCC(Cc2ccc(CCC(N)=O)cc2)CC1. The molecular weight excluding hydrogens is 338 g/mol. The Morgan fingerprint density at radius 1 is 1.11 bits per heavy atom. The number of primary amides is 1. The van der Waals surface area contributed by atoms with Crippen LogP contribution in [0.25, 0.3) is 0 Å². The number of carbonyl (C=O) groups is 2. The summed E-state index contributed by atoms with van der Waals surface area (Å²) in [6.07, 6.45) is 5.89. The Bertz CT molecular complexity index is 793. The van der Waals surface area contributed by atoms with Gasteiger partial charge in [-0.1, -0.05) is 24.3 Å². The van der Waals surface area contributed by atoms with E-state index in [1.165, 1.54) is 5.56 Å². The molecule has 1 aliphatic heterocycles. The second-order valence-electron chi connectivity index (χ2n) is 7.36. The van der Waals surface area contributed by atoms with Gasteiger partial charge in [-0.25, -0.2) is 0 Å². The van der Waals surface area contributed by atoms with Crippen LogP contribution < -0.4 is 5.73 Å². The lowest BCUT2D eigenvalue weighted by Crippen LogP contribution is -2.39. The molecule has 2 amide bonds. The number of amides is 2. The third kappa shape index (κ3) is 5.16. The Balaban J connectivity index is 1.50. The number of rotatable bonds is 6. The number of piperidine rings is 1. The molecule has 2 N–H and O–H groups in total. The van der Waals surface area contributed by atoms with Crippen LogP contribution in [0.3, 0.4) is 0 Å². The van der Waals surface area contributed by atoms with Crippen molar-refractivity contribution < 1.29 is 9.59 Å². The van der Waals surface area contributed by atoms with Crippen molar-refractivity contribution in [3.63, 3.8) is 0 Å². The minimum atomic E-state index is -0.262. The van der Waals surface area contributed by atoms with Gasteiger partial charge in [0, 0.05) is 31.4 Å². The number of likely N-dealkylation sites (tertiary alicyclic amines) is 1. The molecule has 5 nitrogen and oxygen atoms in total. The Kier molecular flexibility index (Phi) is 6.22. The highest BCUT2D eigenvalue weighted by atomic mass is 16.2. The van der Waals surface area contributed by atoms with Crippen molar-refractivity contribution in [1.29, 1.82) is 0 Å². The molecule has 1 saturated heterocycles. The van der Waals surface area contributed by atoms with E-state index in [4.69, 9.17) is 5.73 Å². The fourth-order valence-corrected chi connectivity index (χ4v) is 3.66. The van der Waals surface area contributed by atoms with Crippen molar-refractivity contribution in [2.24, 2.45) is 11.7 Å². The van der Waals surface area contributed by atoms with Crippen LogP contribution in [0.5, 0.6) is 0 Å². The van der Waals surface area contributed by atoms with E-state index < -0.39 is 0 Å². The predicted molar refractivity (Wildman–Crippen MR) is 105 cm³/mol. The van der Waals surface area contributed by atoms with Crippen molar-refractivity contribution in [1.82, 2.24) is 9.88 Å². The second-order valence-corrected chi connectivity index (χ2v) is 7.36. The van der Waals surface area contributed by atoms with E-state index in [1.54, 1.807) is 6.20 Å². The topological polar surface area (TPSA) is 76.3 Å². The first-order valence-electron chi connectivity index (χ1n) is 9.60. The summed E-state index contributed by atoms with van der Waals surface area (Å²) < 4.78 is 0. The van der Waals surface area contributed by atoms with Gasteiger partial charge in [-0.15, -0.1) is 0 Å². The molecule has 1 aromatic heterocycles. The molecule has 0 radical (unpaired) electrons. The fraction of sp³-hybridized carbons (Fsp3) is 0.409. The first-order chi connectivity index (χ1) is 13.0. The van der Waals surface area contributed by atoms with Crippen molar-refractivity contribution in [2.75, 3.05) is 13.1 Å². The van der Waals surface area contributed by atoms with E-state index in [-0.39, 0.29) is 11.8 Å². The molecule has 2 heterocycles. The standard InChI is InChI=1S/C22H27N3O2/c1-16-20(3-2-12-24-16)22(27)25-13-10-19(11-14-25)15-18-6-4-17(5-7-18)8-9-21(23)26/h2-7,12,19H,8-11,13-15H2,1H3,(H2,23,26). The number of benzene rings is 1. The molecule has 0 saturated carbocycles. The maximum atomic E-state index is 12.7. The Hall–Kier alpha value is -2.69. The highest BCUT2D eigenvalue weighted by molar-refractivity contribution is 5.95. The first kappa shape index (κ1) is 19.1. The normalized spacial score (nSPS) is 14.9. The van der Waals surface area contributed by atoms with Gasteiger partial charge in [0.1, 0.15) is 0 Å². The average molecular weight is 365 g/mol. The van der Waals surface area contributed by atoms with E-state index in [0.717, 1.165) is 43.6 Å². The van der Waals surface area contributed by atoms with E-state index in [1.807, 2.05) is 24.0 Å². The first-order valence-corrected chi connectivity index (χ1v) is 9.60. The highest BCUT2D eigenvalue weighted by Crippen LogP contribution is 2.23. The van der Waals surface area contributed by atoms with Gasteiger partial charge in [0.2, 0.25) is 5.91 Å². The monoisotopic (exact) mass is 365 g/mol. The molecular formula is C22H27N3O2. The predicted octanol–water partition coefficient (Wildman–Crippen LogP) is 2.90. The summed E-state index contributed by atoms with van der Waals surface area (Å²) in [6, 6.07) is 12.1. The third-order valence-corrected chi connectivity index (χ3v) is 5.35. The number of carbonyl (C=O) groups excluding carboxylic acids is 2. The molecule has 0 aliphatic carbocycles. The molecule has 0 bridgehead atoms. The van der Waals surface area contributed by atoms with Crippen LogP contribution in [-0.4, -0.2) is 34.8 Å². The molecule has 27 heavy (non-hydrogen) atoms. The Labute approximate surface area is 160 Å². The van der Waals surface area contributed by atoms with Crippen LogP contribution >= 0.6 is 0 Å². The summed E-state index contributed by atoms with van der Waals surface area (Å²) in [5, 5.41) is 0. The maximum absolute atomic E-state index is 12.7. The van der Waals surface area contributed by atoms with Gasteiger partial charge in [-0.3, -0.25) is 14.6 Å². The summed E-state index contributed by atoms with van der Waals surface area (Å²) in [5.41, 5.74) is 9.16. The lowest BCUT2D eigenvalue weighted by atomic mass is 9.89.